The highest BCUT2D eigenvalue weighted by Crippen LogP contribution is 2.33. The number of amides is 2. The van der Waals surface area contributed by atoms with Crippen molar-refractivity contribution in [2.45, 2.75) is 32.7 Å². The summed E-state index contributed by atoms with van der Waals surface area (Å²) in [4.78, 5) is 25.5. The Bertz CT molecular complexity index is 1310. The molecular formula is C25H22BrN3O5. The second kappa shape index (κ2) is 9.34. The van der Waals surface area contributed by atoms with Crippen LogP contribution >= 0.6 is 15.9 Å². The fourth-order valence-corrected chi connectivity index (χ4v) is 4.60. The molecule has 0 radical (unpaired) electrons. The van der Waals surface area contributed by atoms with Crippen LogP contribution in [0.2, 0.25) is 0 Å². The number of furan rings is 1. The van der Waals surface area contributed by atoms with E-state index in [0.717, 1.165) is 17.5 Å². The Balaban J connectivity index is 1.31. The number of benzene rings is 2. The lowest BCUT2D eigenvalue weighted by Crippen LogP contribution is -2.23. The minimum atomic E-state index is -0.310. The SMILES string of the molecule is Cc1c(C(=O)NCc2ccc3c(c2)OCO3)oc2c1/C(=N/NC(=O)c1ccccc1Br)CCC2. The number of fused-ring (bicyclic) bond motifs is 2. The van der Waals surface area contributed by atoms with E-state index in [1.165, 1.54) is 0 Å². The van der Waals surface area contributed by atoms with E-state index < -0.39 is 0 Å². The van der Waals surface area contributed by atoms with Crippen molar-refractivity contribution >= 4 is 33.5 Å². The van der Waals surface area contributed by atoms with E-state index in [-0.39, 0.29) is 24.4 Å². The molecule has 0 spiro atoms. The number of aryl methyl sites for hydroxylation is 1. The molecule has 3 aromatic rings. The van der Waals surface area contributed by atoms with Crippen molar-refractivity contribution in [3.63, 3.8) is 0 Å². The largest absolute Gasteiger partial charge is 0.455 e. The van der Waals surface area contributed by atoms with Gasteiger partial charge >= 0.3 is 0 Å². The van der Waals surface area contributed by atoms with Gasteiger partial charge in [-0.2, -0.15) is 5.10 Å². The molecule has 2 aromatic carbocycles. The van der Waals surface area contributed by atoms with Crippen LogP contribution < -0.4 is 20.2 Å². The lowest BCUT2D eigenvalue weighted by Gasteiger charge is -2.13. The average molecular weight is 524 g/mol. The number of hydrogen-bond donors (Lipinski definition) is 2. The third-order valence-electron chi connectivity index (χ3n) is 5.83. The average Bonchev–Trinajstić information content (AvgIpc) is 3.45. The third kappa shape index (κ3) is 4.31. The van der Waals surface area contributed by atoms with E-state index in [1.807, 2.05) is 31.2 Å². The van der Waals surface area contributed by atoms with E-state index in [9.17, 15) is 9.59 Å². The number of nitrogens with zero attached hydrogens (tertiary/aromatic N) is 1. The summed E-state index contributed by atoms with van der Waals surface area (Å²) < 4.78 is 17.4. The molecule has 2 aliphatic rings. The number of carbonyl (C=O) groups excluding carboxylic acids is 2. The molecule has 1 aliphatic carbocycles. The number of carbonyl (C=O) groups is 2. The van der Waals surface area contributed by atoms with E-state index in [1.54, 1.807) is 18.2 Å². The number of nitrogens with one attached hydrogen (secondary N) is 2. The molecule has 8 nitrogen and oxygen atoms in total. The monoisotopic (exact) mass is 523 g/mol. The van der Waals surface area contributed by atoms with Crippen molar-refractivity contribution in [2.75, 3.05) is 6.79 Å². The van der Waals surface area contributed by atoms with Crippen molar-refractivity contribution in [3.8, 4) is 11.5 Å². The molecular weight excluding hydrogens is 502 g/mol. The summed E-state index contributed by atoms with van der Waals surface area (Å²) in [6, 6.07) is 12.7. The molecule has 34 heavy (non-hydrogen) atoms. The van der Waals surface area contributed by atoms with E-state index in [4.69, 9.17) is 13.9 Å². The first-order valence-electron chi connectivity index (χ1n) is 10.9. The highest BCUT2D eigenvalue weighted by atomic mass is 79.9. The molecule has 9 heteroatoms. The van der Waals surface area contributed by atoms with E-state index in [0.29, 0.717) is 58.0 Å². The van der Waals surface area contributed by atoms with Crippen LogP contribution in [0.4, 0.5) is 0 Å². The molecule has 2 N–H and O–H groups in total. The van der Waals surface area contributed by atoms with Crippen molar-refractivity contribution in [2.24, 2.45) is 5.10 Å². The molecule has 5 rings (SSSR count). The number of hydrogen-bond acceptors (Lipinski definition) is 6. The van der Waals surface area contributed by atoms with Gasteiger partial charge in [0.2, 0.25) is 6.79 Å². The lowest BCUT2D eigenvalue weighted by molar-refractivity contribution is 0.0919. The van der Waals surface area contributed by atoms with Gasteiger partial charge in [0.25, 0.3) is 11.8 Å². The van der Waals surface area contributed by atoms with Gasteiger partial charge < -0.3 is 19.2 Å². The zero-order valence-electron chi connectivity index (χ0n) is 18.4. The predicted octanol–water partition coefficient (Wildman–Crippen LogP) is 4.48. The minimum absolute atomic E-state index is 0.204. The summed E-state index contributed by atoms with van der Waals surface area (Å²) in [5.74, 6) is 1.73. The number of halogens is 1. The zero-order chi connectivity index (χ0) is 23.7. The third-order valence-corrected chi connectivity index (χ3v) is 6.52. The van der Waals surface area contributed by atoms with Crippen molar-refractivity contribution in [1.29, 1.82) is 0 Å². The van der Waals surface area contributed by atoms with Crippen molar-refractivity contribution < 1.29 is 23.5 Å². The van der Waals surface area contributed by atoms with Crippen LogP contribution in [0.15, 0.2) is 56.5 Å². The molecule has 1 aromatic heterocycles. The molecule has 0 saturated carbocycles. The lowest BCUT2D eigenvalue weighted by atomic mass is 9.93. The molecule has 0 saturated heterocycles. The predicted molar refractivity (Wildman–Crippen MR) is 128 cm³/mol. The molecule has 0 bridgehead atoms. The van der Waals surface area contributed by atoms with Gasteiger partial charge in [0.05, 0.1) is 11.3 Å². The van der Waals surface area contributed by atoms with E-state index in [2.05, 4.69) is 31.8 Å². The maximum absolute atomic E-state index is 12.9. The van der Waals surface area contributed by atoms with Crippen molar-refractivity contribution in [1.82, 2.24) is 10.7 Å². The van der Waals surface area contributed by atoms with Crippen LogP contribution in [0, 0.1) is 6.92 Å². The normalized spacial score (nSPS) is 15.2. The summed E-state index contributed by atoms with van der Waals surface area (Å²) in [7, 11) is 0. The number of ether oxygens (including phenoxy) is 2. The van der Waals surface area contributed by atoms with E-state index >= 15 is 0 Å². The Labute approximate surface area is 204 Å². The van der Waals surface area contributed by atoms with Gasteiger partial charge in [-0.15, -0.1) is 0 Å². The maximum Gasteiger partial charge on any atom is 0.287 e. The smallest absolute Gasteiger partial charge is 0.287 e. The first-order valence-corrected chi connectivity index (χ1v) is 11.7. The fourth-order valence-electron chi connectivity index (χ4n) is 4.13. The minimum Gasteiger partial charge on any atom is -0.455 e. The molecule has 1 aliphatic heterocycles. The van der Waals surface area contributed by atoms with Gasteiger partial charge in [0.1, 0.15) is 5.76 Å². The second-order valence-electron chi connectivity index (χ2n) is 8.06. The van der Waals surface area contributed by atoms with Gasteiger partial charge in [0.15, 0.2) is 17.3 Å². The first-order chi connectivity index (χ1) is 16.5. The highest BCUT2D eigenvalue weighted by Gasteiger charge is 2.28. The summed E-state index contributed by atoms with van der Waals surface area (Å²) in [5.41, 5.74) is 6.24. The van der Waals surface area contributed by atoms with Crippen LogP contribution in [0.5, 0.6) is 11.5 Å². The van der Waals surface area contributed by atoms with Crippen LogP contribution in [0.25, 0.3) is 0 Å². The molecule has 0 fully saturated rings. The summed E-state index contributed by atoms with van der Waals surface area (Å²) in [5, 5.41) is 7.29. The first kappa shape index (κ1) is 22.2. The van der Waals surface area contributed by atoms with Gasteiger partial charge in [-0.3, -0.25) is 9.59 Å². The zero-order valence-corrected chi connectivity index (χ0v) is 20.0. The Kier molecular flexibility index (Phi) is 6.10. The Morgan fingerprint density at radius 2 is 1.88 bits per heavy atom. The number of rotatable bonds is 5. The molecule has 2 amide bonds. The Hall–Kier alpha value is -3.59. The summed E-state index contributed by atoms with van der Waals surface area (Å²) in [6.07, 6.45) is 2.21. The molecule has 0 unspecified atom stereocenters. The topological polar surface area (TPSA) is 102 Å². The maximum atomic E-state index is 12.9. The Morgan fingerprint density at radius 3 is 2.74 bits per heavy atom. The highest BCUT2D eigenvalue weighted by molar-refractivity contribution is 9.10. The standard InChI is InChI=1S/C25H22BrN3O5/c1-14-22-18(28-29-24(30)16-5-2-3-6-17(16)26)7-4-8-20(22)34-23(14)25(31)27-12-15-9-10-19-21(11-15)33-13-32-19/h2-3,5-6,9-11H,4,7-8,12-13H2,1H3,(H,27,31)(H,29,30)/b28-18+. The van der Waals surface area contributed by atoms with Crippen LogP contribution in [0.3, 0.4) is 0 Å². The van der Waals surface area contributed by atoms with Gasteiger partial charge in [0, 0.05) is 28.6 Å². The van der Waals surface area contributed by atoms with Gasteiger partial charge in [-0.25, -0.2) is 5.43 Å². The fraction of sp³-hybridized carbons (Fsp3) is 0.240. The number of hydrazone groups is 1. The van der Waals surface area contributed by atoms with Gasteiger partial charge in [-0.05, 0) is 65.5 Å². The van der Waals surface area contributed by atoms with Crippen LogP contribution in [0.1, 0.15) is 56.2 Å². The van der Waals surface area contributed by atoms with Gasteiger partial charge in [-0.1, -0.05) is 18.2 Å². The second-order valence-corrected chi connectivity index (χ2v) is 8.91. The quantitative estimate of drug-likeness (QED) is 0.480. The molecule has 174 valence electrons. The van der Waals surface area contributed by atoms with Crippen LogP contribution in [-0.2, 0) is 13.0 Å². The Morgan fingerprint density at radius 1 is 1.06 bits per heavy atom. The molecule has 0 atom stereocenters. The summed E-state index contributed by atoms with van der Waals surface area (Å²) >= 11 is 3.38. The van der Waals surface area contributed by atoms with Crippen molar-refractivity contribution in [3.05, 3.63) is 80.7 Å². The van der Waals surface area contributed by atoms with Crippen LogP contribution in [-0.4, -0.2) is 24.3 Å². The summed E-state index contributed by atoms with van der Waals surface area (Å²) in [6.45, 7) is 2.37. The molecule has 2 heterocycles.